The number of benzene rings is 1. The fourth-order valence-corrected chi connectivity index (χ4v) is 3.75. The van der Waals surface area contributed by atoms with E-state index >= 15 is 0 Å². The Balaban J connectivity index is 1.99. The van der Waals surface area contributed by atoms with Crippen LogP contribution in [0.1, 0.15) is 29.9 Å². The van der Waals surface area contributed by atoms with Gasteiger partial charge in [-0.15, -0.1) is 11.3 Å². The van der Waals surface area contributed by atoms with Crippen molar-refractivity contribution in [3.63, 3.8) is 0 Å². The van der Waals surface area contributed by atoms with Gasteiger partial charge in [-0.25, -0.2) is 4.79 Å². The zero-order valence-electron chi connectivity index (χ0n) is 14.0. The van der Waals surface area contributed by atoms with Crippen molar-refractivity contribution in [2.45, 2.75) is 33.4 Å². The summed E-state index contributed by atoms with van der Waals surface area (Å²) >= 11 is 1.76. The van der Waals surface area contributed by atoms with Crippen LogP contribution in [-0.2, 0) is 19.5 Å². The van der Waals surface area contributed by atoms with Gasteiger partial charge in [0.2, 0.25) is 0 Å². The number of hydrogen-bond acceptors (Lipinski definition) is 4. The molecule has 0 radical (unpaired) electrons. The first-order valence-corrected chi connectivity index (χ1v) is 9.13. The van der Waals surface area contributed by atoms with Gasteiger partial charge in [0, 0.05) is 23.1 Å². The van der Waals surface area contributed by atoms with Crippen LogP contribution in [0.15, 0.2) is 44.9 Å². The quantitative estimate of drug-likeness (QED) is 0.676. The van der Waals surface area contributed by atoms with Crippen LogP contribution in [0.5, 0.6) is 5.75 Å². The summed E-state index contributed by atoms with van der Waals surface area (Å²) in [4.78, 5) is 14.6. The highest BCUT2D eigenvalue weighted by atomic mass is 32.1. The minimum Gasteiger partial charge on any atom is -0.508 e. The van der Waals surface area contributed by atoms with Crippen LogP contribution < -0.4 is 10.5 Å². The topological polar surface area (TPSA) is 54.9 Å². The number of phenolic OH excluding ortho intramolecular Hbond substituents is 1. The van der Waals surface area contributed by atoms with Gasteiger partial charge < -0.3 is 14.4 Å². The van der Waals surface area contributed by atoms with Gasteiger partial charge in [-0.3, -0.25) is 0 Å². The first kappa shape index (κ1) is 16.7. The van der Waals surface area contributed by atoms with Crippen molar-refractivity contribution in [1.29, 1.82) is 0 Å². The van der Waals surface area contributed by atoms with Gasteiger partial charge in [-0.1, -0.05) is 13.0 Å². The molecule has 2 heterocycles. The lowest BCUT2D eigenvalue weighted by Crippen LogP contribution is -3.09. The van der Waals surface area contributed by atoms with Crippen molar-refractivity contribution in [3.8, 4) is 5.75 Å². The molecule has 0 aliphatic heterocycles. The Labute approximate surface area is 145 Å². The lowest BCUT2D eigenvalue weighted by atomic mass is 10.0. The fourth-order valence-electron chi connectivity index (χ4n) is 2.98. The molecule has 0 aliphatic rings. The summed E-state index contributed by atoms with van der Waals surface area (Å²) in [7, 11) is 0. The van der Waals surface area contributed by atoms with Gasteiger partial charge in [-0.2, -0.15) is 0 Å². The number of thiophene rings is 1. The van der Waals surface area contributed by atoms with E-state index < -0.39 is 0 Å². The molecule has 0 fully saturated rings. The Morgan fingerprint density at radius 2 is 2.00 bits per heavy atom. The summed E-state index contributed by atoms with van der Waals surface area (Å²) in [5.41, 5.74) is 1.93. The fraction of sp³-hybridized carbons (Fsp3) is 0.316. The van der Waals surface area contributed by atoms with Crippen LogP contribution in [0.2, 0.25) is 0 Å². The third-order valence-electron chi connectivity index (χ3n) is 4.36. The van der Waals surface area contributed by atoms with Crippen molar-refractivity contribution in [3.05, 3.63) is 62.1 Å². The molecule has 2 aromatic heterocycles. The van der Waals surface area contributed by atoms with Gasteiger partial charge in [0.25, 0.3) is 0 Å². The summed E-state index contributed by atoms with van der Waals surface area (Å²) in [6.07, 6.45) is 0.736. The van der Waals surface area contributed by atoms with Crippen LogP contribution in [0.3, 0.4) is 0 Å². The van der Waals surface area contributed by atoms with Gasteiger partial charge in [-0.05, 0) is 36.4 Å². The second-order valence-corrected chi connectivity index (χ2v) is 6.99. The number of quaternary nitrogens is 1. The maximum Gasteiger partial charge on any atom is 0.336 e. The zero-order chi connectivity index (χ0) is 17.1. The van der Waals surface area contributed by atoms with Gasteiger partial charge >= 0.3 is 5.63 Å². The largest absolute Gasteiger partial charge is 0.508 e. The molecule has 5 heteroatoms. The van der Waals surface area contributed by atoms with Crippen molar-refractivity contribution < 1.29 is 14.4 Å². The second kappa shape index (κ2) is 7.20. The molecular weight excluding hydrogens is 322 g/mol. The second-order valence-electron chi connectivity index (χ2n) is 5.96. The van der Waals surface area contributed by atoms with Gasteiger partial charge in [0.1, 0.15) is 24.4 Å². The summed E-state index contributed by atoms with van der Waals surface area (Å²) in [6, 6.07) is 9.30. The first-order chi connectivity index (χ1) is 11.6. The Bertz CT molecular complexity index is 884. The molecule has 0 spiro atoms. The van der Waals surface area contributed by atoms with Crippen molar-refractivity contribution in [2.75, 3.05) is 6.54 Å². The van der Waals surface area contributed by atoms with Gasteiger partial charge in [0.05, 0.1) is 11.4 Å². The molecule has 3 aromatic rings. The molecule has 0 aliphatic carbocycles. The number of phenols is 1. The Morgan fingerprint density at radius 1 is 1.17 bits per heavy atom. The van der Waals surface area contributed by atoms with Crippen LogP contribution >= 0.6 is 11.3 Å². The molecular formula is C19H22NO3S+. The molecule has 0 saturated heterocycles. The smallest absolute Gasteiger partial charge is 0.336 e. The molecule has 0 amide bonds. The Hall–Kier alpha value is -2.11. The van der Waals surface area contributed by atoms with E-state index in [0.717, 1.165) is 42.6 Å². The number of aryl methyl sites for hydroxylation is 1. The highest BCUT2D eigenvalue weighted by molar-refractivity contribution is 7.09. The maximum absolute atomic E-state index is 11.9. The molecule has 24 heavy (non-hydrogen) atoms. The first-order valence-electron chi connectivity index (χ1n) is 8.25. The number of aromatic hydroxyl groups is 1. The van der Waals surface area contributed by atoms with E-state index in [9.17, 15) is 9.90 Å². The van der Waals surface area contributed by atoms with Crippen LogP contribution in [0.25, 0.3) is 11.0 Å². The summed E-state index contributed by atoms with van der Waals surface area (Å²) < 4.78 is 5.28. The minimum absolute atomic E-state index is 0.184. The zero-order valence-corrected chi connectivity index (χ0v) is 14.8. The molecule has 3 rings (SSSR count). The van der Waals surface area contributed by atoms with Crippen molar-refractivity contribution in [1.82, 2.24) is 0 Å². The Morgan fingerprint density at radius 3 is 2.67 bits per heavy atom. The standard InChI is InChI=1S/C19H21NO3S/c1-3-13-8-16-14(9-19(22)23-18(16)10-17(13)21)11-20(4-2)12-15-6-5-7-24-15/h5-10,21H,3-4,11-12H2,1-2H3/p+1. The SMILES string of the molecule is CCc1cc2c(C[NH+](CC)Cc3cccs3)cc(=O)oc2cc1O. The molecule has 4 nitrogen and oxygen atoms in total. The predicted octanol–water partition coefficient (Wildman–Crippen LogP) is 2.73. The molecule has 2 N–H and O–H groups in total. The third kappa shape index (κ3) is 3.52. The number of rotatable bonds is 6. The van der Waals surface area contributed by atoms with E-state index in [1.54, 1.807) is 23.5 Å². The number of fused-ring (bicyclic) bond motifs is 1. The summed E-state index contributed by atoms with van der Waals surface area (Å²) in [5, 5.41) is 13.0. The normalized spacial score (nSPS) is 12.6. The van der Waals surface area contributed by atoms with Crippen molar-refractivity contribution in [2.24, 2.45) is 0 Å². The van der Waals surface area contributed by atoms with E-state index in [-0.39, 0.29) is 11.4 Å². The number of hydrogen-bond donors (Lipinski definition) is 2. The maximum atomic E-state index is 11.9. The molecule has 0 saturated carbocycles. The lowest BCUT2D eigenvalue weighted by Gasteiger charge is -2.18. The third-order valence-corrected chi connectivity index (χ3v) is 5.23. The van der Waals surface area contributed by atoms with Gasteiger partial charge in [0.15, 0.2) is 0 Å². The van der Waals surface area contributed by atoms with E-state index in [2.05, 4.69) is 24.4 Å². The lowest BCUT2D eigenvalue weighted by molar-refractivity contribution is -0.925. The van der Waals surface area contributed by atoms with Crippen LogP contribution in [0, 0.1) is 0 Å². The van der Waals surface area contributed by atoms with E-state index in [1.165, 1.54) is 9.78 Å². The number of nitrogens with one attached hydrogen (secondary N) is 1. The average Bonchev–Trinajstić information content (AvgIpc) is 3.06. The monoisotopic (exact) mass is 344 g/mol. The van der Waals surface area contributed by atoms with Crippen molar-refractivity contribution >= 4 is 22.3 Å². The van der Waals surface area contributed by atoms with E-state index in [0.29, 0.717) is 5.58 Å². The molecule has 1 atom stereocenters. The highest BCUT2D eigenvalue weighted by Crippen LogP contribution is 2.26. The summed E-state index contributed by atoms with van der Waals surface area (Å²) in [5.74, 6) is 0.184. The minimum atomic E-state index is -0.368. The van der Waals surface area contributed by atoms with Crippen LogP contribution in [-0.4, -0.2) is 11.7 Å². The molecule has 1 unspecified atom stereocenters. The highest BCUT2D eigenvalue weighted by Gasteiger charge is 2.15. The summed E-state index contributed by atoms with van der Waals surface area (Å²) in [6.45, 7) is 6.82. The Kier molecular flexibility index (Phi) is 5.02. The molecule has 126 valence electrons. The average molecular weight is 344 g/mol. The van der Waals surface area contributed by atoms with Crippen LogP contribution in [0.4, 0.5) is 0 Å². The van der Waals surface area contributed by atoms with E-state index in [4.69, 9.17) is 4.42 Å². The van der Waals surface area contributed by atoms with E-state index in [1.807, 2.05) is 13.0 Å². The molecule has 1 aromatic carbocycles. The molecule has 0 bridgehead atoms. The predicted molar refractivity (Wildman–Crippen MR) is 96.8 cm³/mol.